The average molecular weight is 537 g/mol. The second-order valence-corrected chi connectivity index (χ2v) is 9.30. The smallest absolute Gasteiger partial charge is 0.336 e. The fraction of sp³-hybridized carbons (Fsp3) is 0.185. The molecule has 0 saturated carbocycles. The predicted octanol–water partition coefficient (Wildman–Crippen LogP) is 5.40. The van der Waals surface area contributed by atoms with Gasteiger partial charge in [-0.1, -0.05) is 6.07 Å². The maximum atomic E-state index is 13.9. The van der Waals surface area contributed by atoms with Crippen molar-refractivity contribution in [1.82, 2.24) is 8.75 Å². The van der Waals surface area contributed by atoms with Gasteiger partial charge in [-0.05, 0) is 65.9 Å². The minimum absolute atomic E-state index is 0.00874. The van der Waals surface area contributed by atoms with Gasteiger partial charge in [-0.25, -0.2) is 4.79 Å². The van der Waals surface area contributed by atoms with Gasteiger partial charge in [0.15, 0.2) is 17.3 Å². The van der Waals surface area contributed by atoms with Crippen LogP contribution in [0.1, 0.15) is 21.5 Å². The quantitative estimate of drug-likeness (QED) is 0.162. The first-order chi connectivity index (χ1) is 17.9. The van der Waals surface area contributed by atoms with Crippen LogP contribution in [0.2, 0.25) is 0 Å². The minimum atomic E-state index is -1.22. The fourth-order valence-corrected chi connectivity index (χ4v) is 4.93. The maximum absolute atomic E-state index is 13.9. The van der Waals surface area contributed by atoms with Crippen LogP contribution in [0.3, 0.4) is 0 Å². The molecule has 0 spiro atoms. The lowest BCUT2D eigenvalue weighted by Gasteiger charge is -2.17. The number of hydrogen-bond donors (Lipinski definition) is 1. The number of carboxylic acids is 1. The molecule has 0 aliphatic rings. The topological polar surface area (TPSA) is 108 Å². The van der Waals surface area contributed by atoms with Crippen molar-refractivity contribution in [3.8, 4) is 17.2 Å². The van der Waals surface area contributed by atoms with E-state index in [0.29, 0.717) is 45.0 Å². The molecule has 190 valence electrons. The molecule has 8 nitrogen and oxygen atoms in total. The molecule has 0 saturated heterocycles. The SMILES string of the molecule is COc1cc(C/C(C(=O)c2ccc(SC)cc2)=C(\C(=O)O)c2ccc3nsnc3c2)cc(OC)c1OC. The summed E-state index contributed by atoms with van der Waals surface area (Å²) in [6.45, 7) is 0. The van der Waals surface area contributed by atoms with Gasteiger partial charge in [0.25, 0.3) is 0 Å². The van der Waals surface area contributed by atoms with E-state index in [4.69, 9.17) is 14.2 Å². The van der Waals surface area contributed by atoms with E-state index in [1.54, 1.807) is 54.2 Å². The van der Waals surface area contributed by atoms with E-state index < -0.39 is 11.8 Å². The number of ether oxygens (including phenoxy) is 3. The Morgan fingerprint density at radius 3 is 2.05 bits per heavy atom. The number of methoxy groups -OCH3 is 3. The van der Waals surface area contributed by atoms with Crippen LogP contribution in [-0.4, -0.2) is 53.2 Å². The summed E-state index contributed by atoms with van der Waals surface area (Å²) in [5.74, 6) is -0.410. The number of carbonyl (C=O) groups is 2. The van der Waals surface area contributed by atoms with Gasteiger partial charge in [0, 0.05) is 22.5 Å². The lowest BCUT2D eigenvalue weighted by Crippen LogP contribution is -2.14. The monoisotopic (exact) mass is 536 g/mol. The van der Waals surface area contributed by atoms with Gasteiger partial charge >= 0.3 is 5.97 Å². The van der Waals surface area contributed by atoms with Crippen molar-refractivity contribution >= 4 is 51.8 Å². The molecule has 0 amide bonds. The third-order valence-corrected chi connectivity index (χ3v) is 7.09. The first-order valence-corrected chi connectivity index (χ1v) is 13.0. The number of thioether (sulfide) groups is 1. The van der Waals surface area contributed by atoms with Crippen LogP contribution in [0.4, 0.5) is 0 Å². The lowest BCUT2D eigenvalue weighted by atomic mass is 9.89. The summed E-state index contributed by atoms with van der Waals surface area (Å²) in [4.78, 5) is 27.5. The van der Waals surface area contributed by atoms with Crippen molar-refractivity contribution in [2.75, 3.05) is 27.6 Å². The Bertz CT molecular complexity index is 1470. The molecule has 0 aliphatic heterocycles. The highest BCUT2D eigenvalue weighted by Gasteiger charge is 2.25. The minimum Gasteiger partial charge on any atom is -0.493 e. The summed E-state index contributed by atoms with van der Waals surface area (Å²) >= 11 is 2.59. The molecule has 0 unspecified atom stereocenters. The number of allylic oxidation sites excluding steroid dienone is 1. The molecule has 0 fully saturated rings. The molecule has 10 heteroatoms. The van der Waals surface area contributed by atoms with Crippen molar-refractivity contribution in [3.05, 3.63) is 76.9 Å². The van der Waals surface area contributed by atoms with Crippen molar-refractivity contribution in [2.45, 2.75) is 11.3 Å². The Labute approximate surface area is 222 Å². The lowest BCUT2D eigenvalue weighted by molar-refractivity contribution is -0.130. The summed E-state index contributed by atoms with van der Waals surface area (Å²) in [6.07, 6.45) is 1.95. The number of nitrogens with zero attached hydrogens (tertiary/aromatic N) is 2. The van der Waals surface area contributed by atoms with Crippen LogP contribution in [0.25, 0.3) is 16.6 Å². The molecule has 1 heterocycles. The second kappa shape index (κ2) is 11.4. The predicted molar refractivity (Wildman–Crippen MR) is 144 cm³/mol. The zero-order valence-corrected chi connectivity index (χ0v) is 22.2. The van der Waals surface area contributed by atoms with Gasteiger partial charge in [-0.2, -0.15) is 8.75 Å². The zero-order valence-electron chi connectivity index (χ0n) is 20.6. The Kier molecular flexibility index (Phi) is 8.10. The molecule has 37 heavy (non-hydrogen) atoms. The van der Waals surface area contributed by atoms with E-state index in [-0.39, 0.29) is 17.6 Å². The summed E-state index contributed by atoms with van der Waals surface area (Å²) in [5, 5.41) is 10.3. The number of carbonyl (C=O) groups excluding carboxylic acids is 1. The average Bonchev–Trinajstić information content (AvgIpc) is 3.39. The highest BCUT2D eigenvalue weighted by atomic mass is 32.2. The number of carboxylic acid groups (broad SMARTS) is 1. The van der Waals surface area contributed by atoms with Gasteiger partial charge in [0.2, 0.25) is 5.75 Å². The number of fused-ring (bicyclic) bond motifs is 1. The Morgan fingerprint density at radius 1 is 0.865 bits per heavy atom. The molecule has 4 rings (SSSR count). The molecule has 0 atom stereocenters. The number of benzene rings is 3. The van der Waals surface area contributed by atoms with Crippen LogP contribution < -0.4 is 14.2 Å². The van der Waals surface area contributed by atoms with E-state index in [2.05, 4.69) is 8.75 Å². The highest BCUT2D eigenvalue weighted by Crippen LogP contribution is 2.39. The van der Waals surface area contributed by atoms with E-state index in [0.717, 1.165) is 16.6 Å². The first-order valence-electron chi connectivity index (χ1n) is 11.1. The zero-order chi connectivity index (χ0) is 26.5. The number of ketones is 1. The number of aromatic nitrogens is 2. The van der Waals surface area contributed by atoms with Crippen LogP contribution in [-0.2, 0) is 11.2 Å². The highest BCUT2D eigenvalue weighted by molar-refractivity contribution is 7.98. The van der Waals surface area contributed by atoms with Gasteiger partial charge < -0.3 is 19.3 Å². The molecule has 0 aliphatic carbocycles. The van der Waals surface area contributed by atoms with Crippen molar-refractivity contribution in [2.24, 2.45) is 0 Å². The molecule has 1 N–H and O–H groups in total. The second-order valence-electron chi connectivity index (χ2n) is 7.89. The summed E-state index contributed by atoms with van der Waals surface area (Å²) < 4.78 is 24.8. The molecule has 0 bridgehead atoms. The normalized spacial score (nSPS) is 11.7. The van der Waals surface area contributed by atoms with E-state index in [1.807, 2.05) is 18.4 Å². The Hall–Kier alpha value is -3.89. The standard InChI is InChI=1S/C27H24N2O6S2/c1-33-22-12-15(13-23(34-2)26(22)35-3)11-19(25(30)16-5-8-18(36-4)9-6-16)24(27(31)32)17-7-10-20-21(14-17)29-37-28-20/h5-10,12-14H,11H2,1-4H3,(H,31,32)/b24-19+. The van der Waals surface area contributed by atoms with Crippen LogP contribution in [0.5, 0.6) is 17.2 Å². The van der Waals surface area contributed by atoms with Gasteiger partial charge in [0.05, 0.1) is 38.6 Å². The molecule has 1 aromatic heterocycles. The molecule has 4 aromatic rings. The van der Waals surface area contributed by atoms with Crippen LogP contribution in [0, 0.1) is 0 Å². The molecule has 0 radical (unpaired) electrons. The van der Waals surface area contributed by atoms with E-state index >= 15 is 0 Å². The van der Waals surface area contributed by atoms with Crippen molar-refractivity contribution in [1.29, 1.82) is 0 Å². The van der Waals surface area contributed by atoms with Gasteiger partial charge in [0.1, 0.15) is 11.0 Å². The van der Waals surface area contributed by atoms with E-state index in [1.165, 1.54) is 21.3 Å². The molecular weight excluding hydrogens is 512 g/mol. The summed E-state index contributed by atoms with van der Waals surface area (Å²) in [6, 6.07) is 15.5. The largest absolute Gasteiger partial charge is 0.493 e. The number of aliphatic carboxylic acids is 1. The third-order valence-electron chi connectivity index (χ3n) is 5.79. The van der Waals surface area contributed by atoms with Crippen LogP contribution >= 0.6 is 23.5 Å². The first kappa shape index (κ1) is 26.2. The Balaban J connectivity index is 1.93. The van der Waals surface area contributed by atoms with Gasteiger partial charge in [-0.15, -0.1) is 11.8 Å². The molecular formula is C27H24N2O6S2. The number of Topliss-reactive ketones (excluding diaryl/α,β-unsaturated/α-hetero) is 1. The number of rotatable bonds is 10. The van der Waals surface area contributed by atoms with Crippen molar-refractivity contribution < 1.29 is 28.9 Å². The van der Waals surface area contributed by atoms with Gasteiger partial charge in [-0.3, -0.25) is 4.79 Å². The fourth-order valence-electron chi connectivity index (χ4n) is 4.00. The van der Waals surface area contributed by atoms with E-state index in [9.17, 15) is 14.7 Å². The Morgan fingerprint density at radius 2 is 1.49 bits per heavy atom. The number of hydrogen-bond acceptors (Lipinski definition) is 9. The summed E-state index contributed by atoms with van der Waals surface area (Å²) in [7, 11) is 4.49. The van der Waals surface area contributed by atoms with Crippen LogP contribution in [0.15, 0.2) is 65.1 Å². The summed E-state index contributed by atoms with van der Waals surface area (Å²) in [5.41, 5.74) is 2.59. The third kappa shape index (κ3) is 5.45. The molecule has 3 aromatic carbocycles. The van der Waals surface area contributed by atoms with Crippen molar-refractivity contribution in [3.63, 3.8) is 0 Å². The maximum Gasteiger partial charge on any atom is 0.336 e.